The van der Waals surface area contributed by atoms with Crippen LogP contribution in [0.5, 0.6) is 11.5 Å². The van der Waals surface area contributed by atoms with Gasteiger partial charge in [-0.2, -0.15) is 5.10 Å². The number of amides is 1. The zero-order valence-corrected chi connectivity index (χ0v) is 18.8. The maximum absolute atomic E-state index is 13.6. The molecule has 0 bridgehead atoms. The van der Waals surface area contributed by atoms with Crippen LogP contribution in [-0.2, 0) is 6.54 Å². The summed E-state index contributed by atoms with van der Waals surface area (Å²) in [6.07, 6.45) is 0. The number of benzene rings is 3. The number of carbonyl (C=O) groups excluding carboxylic acids is 1. The Kier molecular flexibility index (Phi) is 5.13. The fourth-order valence-electron chi connectivity index (χ4n) is 4.74. The van der Waals surface area contributed by atoms with E-state index in [1.165, 1.54) is 0 Å². The zero-order chi connectivity index (χ0) is 23.1. The van der Waals surface area contributed by atoms with Crippen LogP contribution in [0.4, 0.5) is 0 Å². The molecule has 6 heteroatoms. The molecular weight excluding hydrogens is 414 g/mol. The number of hydrogen-bond acceptors (Lipinski definition) is 4. The lowest BCUT2D eigenvalue weighted by Gasteiger charge is -2.27. The third-order valence-corrected chi connectivity index (χ3v) is 6.16. The number of fused-ring (bicyclic) bond motifs is 1. The molecule has 0 radical (unpaired) electrons. The molecule has 2 heterocycles. The molecule has 5 rings (SSSR count). The summed E-state index contributed by atoms with van der Waals surface area (Å²) in [6.45, 7) is 4.33. The number of hydrogen-bond donors (Lipinski definition) is 2. The number of nitrogens with one attached hydrogen (secondary N) is 1. The van der Waals surface area contributed by atoms with Gasteiger partial charge in [-0.3, -0.25) is 9.89 Å². The Hall–Kier alpha value is -4.06. The normalized spacial score (nSPS) is 15.1. The molecule has 1 amide bonds. The van der Waals surface area contributed by atoms with Gasteiger partial charge in [0.05, 0.1) is 13.2 Å². The Morgan fingerprint density at radius 2 is 1.85 bits per heavy atom. The zero-order valence-electron chi connectivity index (χ0n) is 18.8. The van der Waals surface area contributed by atoms with E-state index < -0.39 is 0 Å². The van der Waals surface area contributed by atoms with Gasteiger partial charge in [-0.05, 0) is 54.3 Å². The van der Waals surface area contributed by atoms with Gasteiger partial charge in [0, 0.05) is 17.7 Å². The van der Waals surface area contributed by atoms with Gasteiger partial charge in [-0.25, -0.2) is 0 Å². The molecular formula is C27H25N3O3. The molecule has 1 atom stereocenters. The van der Waals surface area contributed by atoms with Gasteiger partial charge >= 0.3 is 0 Å². The average molecular weight is 440 g/mol. The molecule has 6 nitrogen and oxygen atoms in total. The number of aromatic nitrogens is 2. The van der Waals surface area contributed by atoms with Gasteiger partial charge in [0.2, 0.25) is 0 Å². The van der Waals surface area contributed by atoms with Crippen LogP contribution in [-0.4, -0.2) is 33.2 Å². The predicted molar refractivity (Wildman–Crippen MR) is 126 cm³/mol. The SMILES string of the molecule is COc1cccc(C2c3c(-c4c(C)cc(C)cc4O)n[nH]c3C(=O)N2Cc2ccccc2)c1. The van der Waals surface area contributed by atoms with Crippen molar-refractivity contribution in [2.24, 2.45) is 0 Å². The van der Waals surface area contributed by atoms with Crippen LogP contribution in [0.2, 0.25) is 0 Å². The number of aromatic amines is 1. The predicted octanol–water partition coefficient (Wildman–Crippen LogP) is 5.15. The van der Waals surface area contributed by atoms with Crippen molar-refractivity contribution in [2.75, 3.05) is 7.11 Å². The second kappa shape index (κ2) is 8.13. The molecule has 4 aromatic rings. The summed E-state index contributed by atoms with van der Waals surface area (Å²) in [7, 11) is 1.63. The molecule has 1 aliphatic heterocycles. The van der Waals surface area contributed by atoms with Gasteiger partial charge in [-0.1, -0.05) is 48.5 Å². The van der Waals surface area contributed by atoms with E-state index in [4.69, 9.17) is 4.74 Å². The Bertz CT molecular complexity index is 1320. The number of phenols is 1. The minimum absolute atomic E-state index is 0.121. The number of ether oxygens (including phenoxy) is 1. The molecule has 0 saturated heterocycles. The Morgan fingerprint density at radius 3 is 2.58 bits per heavy atom. The van der Waals surface area contributed by atoms with Crippen molar-refractivity contribution in [1.82, 2.24) is 15.1 Å². The highest BCUT2D eigenvalue weighted by molar-refractivity contribution is 6.00. The first-order valence-corrected chi connectivity index (χ1v) is 10.9. The fraction of sp³-hybridized carbons (Fsp3) is 0.185. The first kappa shape index (κ1) is 20.8. The quantitative estimate of drug-likeness (QED) is 0.451. The lowest BCUT2D eigenvalue weighted by molar-refractivity contribution is 0.0730. The first-order valence-electron chi connectivity index (χ1n) is 10.9. The summed E-state index contributed by atoms with van der Waals surface area (Å²) in [4.78, 5) is 15.4. The number of H-pyrrole nitrogens is 1. The molecule has 1 aromatic heterocycles. The Labute approximate surface area is 192 Å². The number of nitrogens with zero attached hydrogens (tertiary/aromatic N) is 2. The van der Waals surface area contributed by atoms with Crippen LogP contribution in [0, 0.1) is 13.8 Å². The van der Waals surface area contributed by atoms with Crippen molar-refractivity contribution in [1.29, 1.82) is 0 Å². The van der Waals surface area contributed by atoms with Crippen LogP contribution in [0.1, 0.15) is 44.3 Å². The number of aromatic hydroxyl groups is 1. The minimum Gasteiger partial charge on any atom is -0.507 e. The topological polar surface area (TPSA) is 78.5 Å². The van der Waals surface area contributed by atoms with Crippen LogP contribution in [0.25, 0.3) is 11.3 Å². The summed E-state index contributed by atoms with van der Waals surface area (Å²) in [5.41, 5.74) is 6.28. The van der Waals surface area contributed by atoms with Crippen LogP contribution in [0.3, 0.4) is 0 Å². The maximum Gasteiger partial charge on any atom is 0.273 e. The maximum atomic E-state index is 13.6. The summed E-state index contributed by atoms with van der Waals surface area (Å²) in [5.74, 6) is 0.747. The molecule has 1 aliphatic rings. The molecule has 3 aromatic carbocycles. The first-order chi connectivity index (χ1) is 16.0. The summed E-state index contributed by atoms with van der Waals surface area (Å²) >= 11 is 0. The minimum atomic E-state index is -0.378. The molecule has 0 fully saturated rings. The number of phenolic OH excluding ortho intramolecular Hbond substituents is 1. The number of methoxy groups -OCH3 is 1. The largest absolute Gasteiger partial charge is 0.507 e. The van der Waals surface area contributed by atoms with Gasteiger partial charge < -0.3 is 14.7 Å². The van der Waals surface area contributed by atoms with Gasteiger partial charge in [0.15, 0.2) is 0 Å². The monoisotopic (exact) mass is 439 g/mol. The van der Waals surface area contributed by atoms with E-state index in [1.807, 2.05) is 79.4 Å². The van der Waals surface area contributed by atoms with Crippen molar-refractivity contribution in [3.8, 4) is 22.8 Å². The van der Waals surface area contributed by atoms with Gasteiger partial charge in [0.1, 0.15) is 22.9 Å². The van der Waals surface area contributed by atoms with Crippen molar-refractivity contribution in [3.63, 3.8) is 0 Å². The standard InChI is InChI=1S/C27H25N3O3/c1-16-12-17(2)22(21(31)13-16)24-23-25(29-28-24)27(32)30(15-18-8-5-4-6-9-18)26(23)19-10-7-11-20(14-19)33-3/h4-14,26,31H,15H2,1-3H3,(H,28,29). The molecule has 0 spiro atoms. The number of rotatable bonds is 5. The van der Waals surface area contributed by atoms with Crippen molar-refractivity contribution in [2.45, 2.75) is 26.4 Å². The van der Waals surface area contributed by atoms with E-state index in [0.717, 1.165) is 27.8 Å². The third kappa shape index (κ3) is 3.53. The molecule has 1 unspecified atom stereocenters. The van der Waals surface area contributed by atoms with Gasteiger partial charge in [-0.15, -0.1) is 0 Å². The van der Waals surface area contributed by atoms with E-state index >= 15 is 0 Å². The summed E-state index contributed by atoms with van der Waals surface area (Å²) in [5, 5.41) is 18.3. The van der Waals surface area contributed by atoms with Crippen LogP contribution >= 0.6 is 0 Å². The summed E-state index contributed by atoms with van der Waals surface area (Å²) < 4.78 is 5.46. The number of carbonyl (C=O) groups is 1. The van der Waals surface area contributed by atoms with E-state index in [1.54, 1.807) is 13.2 Å². The number of aryl methyl sites for hydroxylation is 2. The second-order valence-electron chi connectivity index (χ2n) is 8.43. The molecule has 33 heavy (non-hydrogen) atoms. The highest BCUT2D eigenvalue weighted by atomic mass is 16.5. The van der Waals surface area contributed by atoms with E-state index in [-0.39, 0.29) is 17.7 Å². The van der Waals surface area contributed by atoms with E-state index in [9.17, 15) is 9.90 Å². The second-order valence-corrected chi connectivity index (χ2v) is 8.43. The lowest BCUT2D eigenvalue weighted by atomic mass is 9.93. The van der Waals surface area contributed by atoms with Crippen LogP contribution in [0.15, 0.2) is 66.7 Å². The smallest absolute Gasteiger partial charge is 0.273 e. The Morgan fingerprint density at radius 1 is 1.06 bits per heavy atom. The fourth-order valence-corrected chi connectivity index (χ4v) is 4.74. The molecule has 2 N–H and O–H groups in total. The van der Waals surface area contributed by atoms with Gasteiger partial charge in [0.25, 0.3) is 5.91 Å². The van der Waals surface area contributed by atoms with Crippen LogP contribution < -0.4 is 4.74 Å². The highest BCUT2D eigenvalue weighted by Crippen LogP contribution is 2.46. The molecule has 166 valence electrons. The highest BCUT2D eigenvalue weighted by Gasteiger charge is 2.42. The molecule has 0 saturated carbocycles. The van der Waals surface area contributed by atoms with E-state index in [2.05, 4.69) is 10.2 Å². The molecule has 0 aliphatic carbocycles. The van der Waals surface area contributed by atoms with Crippen molar-refractivity contribution < 1.29 is 14.6 Å². The summed E-state index contributed by atoms with van der Waals surface area (Å²) in [6, 6.07) is 21.0. The Balaban J connectivity index is 1.70. The van der Waals surface area contributed by atoms with Crippen molar-refractivity contribution in [3.05, 3.63) is 100 Å². The average Bonchev–Trinajstić information content (AvgIpc) is 3.33. The van der Waals surface area contributed by atoms with Crippen molar-refractivity contribution >= 4 is 5.91 Å². The van der Waals surface area contributed by atoms with E-state index in [0.29, 0.717) is 29.2 Å². The third-order valence-electron chi connectivity index (χ3n) is 6.16. The lowest BCUT2D eigenvalue weighted by Crippen LogP contribution is -2.29.